The summed E-state index contributed by atoms with van der Waals surface area (Å²) in [5.74, 6) is -0.144. The van der Waals surface area contributed by atoms with Crippen LogP contribution in [-0.4, -0.2) is 29.1 Å². The zero-order valence-electron chi connectivity index (χ0n) is 11.0. The second-order valence-corrected chi connectivity index (χ2v) is 5.50. The van der Waals surface area contributed by atoms with E-state index < -0.39 is 5.97 Å². The smallest absolute Gasteiger partial charge is 0.333 e. The van der Waals surface area contributed by atoms with Crippen molar-refractivity contribution in [1.29, 1.82) is 0 Å². The summed E-state index contributed by atoms with van der Waals surface area (Å²) < 4.78 is 4.87. The molecule has 1 fully saturated rings. The summed E-state index contributed by atoms with van der Waals surface area (Å²) in [4.78, 5) is 25.0. The third-order valence-electron chi connectivity index (χ3n) is 2.72. The number of nitrogens with zero attached hydrogens (tertiary/aromatic N) is 1. The Morgan fingerprint density at radius 1 is 1.50 bits per heavy atom. The van der Waals surface area contributed by atoms with Gasteiger partial charge in [-0.3, -0.25) is 4.79 Å². The Kier molecular flexibility index (Phi) is 5.09. The van der Waals surface area contributed by atoms with Crippen LogP contribution in [0.2, 0.25) is 5.02 Å². The van der Waals surface area contributed by atoms with Crippen molar-refractivity contribution in [2.24, 2.45) is 0 Å². The van der Waals surface area contributed by atoms with Crippen molar-refractivity contribution in [2.75, 3.05) is 12.4 Å². The molecule has 1 heterocycles. The number of rotatable bonds is 4. The number of carbonyl (C=O) groups is 2. The molecule has 1 amide bonds. The summed E-state index contributed by atoms with van der Waals surface area (Å²) in [6, 6.07) is 7.34. The highest BCUT2D eigenvalue weighted by Crippen LogP contribution is 2.31. The number of hydrogen-bond donors (Lipinski definition) is 0. The highest BCUT2D eigenvalue weighted by atomic mass is 35.5. The molecule has 0 radical (unpaired) electrons. The Morgan fingerprint density at radius 3 is 2.95 bits per heavy atom. The summed E-state index contributed by atoms with van der Waals surface area (Å²) in [5, 5.41) is 1.21. The topological polar surface area (TPSA) is 46.6 Å². The van der Waals surface area contributed by atoms with E-state index in [0.29, 0.717) is 29.0 Å². The Bertz CT molecular complexity index is 559. The summed E-state index contributed by atoms with van der Waals surface area (Å²) in [5.41, 5.74) is 0.847. The lowest BCUT2D eigenvalue weighted by molar-refractivity contribution is -0.137. The van der Waals surface area contributed by atoms with Crippen molar-refractivity contribution >= 4 is 35.2 Å². The van der Waals surface area contributed by atoms with Gasteiger partial charge >= 0.3 is 5.97 Å². The Morgan fingerprint density at radius 2 is 2.25 bits per heavy atom. The molecule has 0 saturated carbocycles. The molecule has 0 bridgehead atoms. The highest BCUT2D eigenvalue weighted by Gasteiger charge is 2.27. The number of ether oxygens (including phenoxy) is 1. The Hall–Kier alpha value is -1.46. The summed E-state index contributed by atoms with van der Waals surface area (Å²) >= 11 is 7.43. The maximum absolute atomic E-state index is 11.9. The molecule has 106 valence electrons. The molecule has 1 aromatic carbocycles. The van der Waals surface area contributed by atoms with Crippen molar-refractivity contribution in [3.63, 3.8) is 0 Å². The van der Waals surface area contributed by atoms with Crippen LogP contribution >= 0.6 is 23.4 Å². The van der Waals surface area contributed by atoms with E-state index in [0.717, 1.165) is 5.56 Å². The molecule has 0 N–H and O–H groups in total. The van der Waals surface area contributed by atoms with E-state index in [-0.39, 0.29) is 5.91 Å². The minimum atomic E-state index is -0.436. The zero-order chi connectivity index (χ0) is 14.5. The fraction of sp³-hybridized carbons (Fsp3) is 0.286. The van der Waals surface area contributed by atoms with Gasteiger partial charge in [0.05, 0.1) is 30.0 Å². The number of halogens is 1. The van der Waals surface area contributed by atoms with Gasteiger partial charge in [-0.1, -0.05) is 41.6 Å². The number of carbonyl (C=O) groups excluding carboxylic acids is 2. The van der Waals surface area contributed by atoms with Gasteiger partial charge in [0.2, 0.25) is 5.91 Å². The predicted molar refractivity (Wildman–Crippen MR) is 79.2 cm³/mol. The van der Waals surface area contributed by atoms with E-state index >= 15 is 0 Å². The lowest BCUT2D eigenvalue weighted by Crippen LogP contribution is -2.24. The Labute approximate surface area is 126 Å². The van der Waals surface area contributed by atoms with Gasteiger partial charge in [0.1, 0.15) is 0 Å². The molecule has 0 aliphatic carbocycles. The summed E-state index contributed by atoms with van der Waals surface area (Å²) in [7, 11) is 0. The molecular formula is C14H14ClNO3S. The quantitative estimate of drug-likeness (QED) is 0.633. The monoisotopic (exact) mass is 311 g/mol. The van der Waals surface area contributed by atoms with E-state index in [1.54, 1.807) is 17.9 Å². The minimum absolute atomic E-state index is 0.0366. The van der Waals surface area contributed by atoms with E-state index in [9.17, 15) is 9.59 Å². The standard InChI is InChI=1S/C14H14ClNO3S/c1-2-19-14(18)7-13-16(12(17)9-20-13)8-10-5-3-4-6-11(10)15/h3-7H,2,8-9H2,1H3/b13-7-. The molecule has 0 aromatic heterocycles. The van der Waals surface area contributed by atoms with E-state index in [2.05, 4.69) is 0 Å². The third kappa shape index (κ3) is 3.55. The first-order valence-corrected chi connectivity index (χ1v) is 7.53. The van der Waals surface area contributed by atoms with E-state index in [4.69, 9.17) is 16.3 Å². The molecule has 1 saturated heterocycles. The molecule has 1 aliphatic rings. The maximum Gasteiger partial charge on any atom is 0.333 e. The first-order valence-electron chi connectivity index (χ1n) is 6.17. The minimum Gasteiger partial charge on any atom is -0.463 e. The van der Waals surface area contributed by atoms with Gasteiger partial charge in [-0.15, -0.1) is 0 Å². The third-order valence-corrected chi connectivity index (χ3v) is 4.12. The average molecular weight is 312 g/mol. The van der Waals surface area contributed by atoms with Crippen LogP contribution in [-0.2, 0) is 20.9 Å². The molecule has 0 spiro atoms. The van der Waals surface area contributed by atoms with Gasteiger partial charge in [0.15, 0.2) is 0 Å². The van der Waals surface area contributed by atoms with Crippen LogP contribution in [0.25, 0.3) is 0 Å². The van der Waals surface area contributed by atoms with Crippen LogP contribution < -0.4 is 0 Å². The summed E-state index contributed by atoms with van der Waals surface area (Å²) in [6.07, 6.45) is 1.36. The first-order chi connectivity index (χ1) is 9.61. The van der Waals surface area contributed by atoms with Crippen LogP contribution in [0.4, 0.5) is 0 Å². The number of amides is 1. The van der Waals surface area contributed by atoms with Crippen molar-refractivity contribution in [3.8, 4) is 0 Å². The van der Waals surface area contributed by atoms with Gasteiger partial charge in [0, 0.05) is 5.02 Å². The zero-order valence-corrected chi connectivity index (χ0v) is 12.5. The van der Waals surface area contributed by atoms with Gasteiger partial charge in [-0.2, -0.15) is 0 Å². The van der Waals surface area contributed by atoms with Crippen LogP contribution in [0.3, 0.4) is 0 Å². The molecule has 0 atom stereocenters. The predicted octanol–water partition coefficient (Wildman–Crippen LogP) is 2.82. The van der Waals surface area contributed by atoms with Crippen LogP contribution in [0, 0.1) is 0 Å². The molecule has 2 rings (SSSR count). The van der Waals surface area contributed by atoms with Gasteiger partial charge in [-0.05, 0) is 18.6 Å². The molecule has 4 nitrogen and oxygen atoms in total. The fourth-order valence-electron chi connectivity index (χ4n) is 1.78. The molecule has 6 heteroatoms. The van der Waals surface area contributed by atoms with E-state index in [1.165, 1.54) is 17.8 Å². The van der Waals surface area contributed by atoms with Crippen molar-refractivity contribution in [1.82, 2.24) is 4.90 Å². The average Bonchev–Trinajstić information content (AvgIpc) is 2.74. The summed E-state index contributed by atoms with van der Waals surface area (Å²) in [6.45, 7) is 2.41. The largest absolute Gasteiger partial charge is 0.463 e. The fourth-order valence-corrected chi connectivity index (χ4v) is 2.91. The number of hydrogen-bond acceptors (Lipinski definition) is 4. The molecule has 0 unspecified atom stereocenters. The highest BCUT2D eigenvalue weighted by molar-refractivity contribution is 8.04. The first kappa shape index (κ1) is 14.9. The van der Waals surface area contributed by atoms with E-state index in [1.807, 2.05) is 18.2 Å². The van der Waals surface area contributed by atoms with Crippen LogP contribution in [0.15, 0.2) is 35.4 Å². The molecule has 1 aliphatic heterocycles. The van der Waals surface area contributed by atoms with Crippen molar-refractivity contribution in [3.05, 3.63) is 46.0 Å². The van der Waals surface area contributed by atoms with Crippen LogP contribution in [0.1, 0.15) is 12.5 Å². The maximum atomic E-state index is 11.9. The number of thioether (sulfide) groups is 1. The Balaban J connectivity index is 2.17. The molecule has 1 aromatic rings. The number of benzene rings is 1. The lowest BCUT2D eigenvalue weighted by Gasteiger charge is -2.17. The molecule has 20 heavy (non-hydrogen) atoms. The normalized spacial score (nSPS) is 16.8. The SMILES string of the molecule is CCOC(=O)/C=C1\SCC(=O)N1Cc1ccccc1Cl. The van der Waals surface area contributed by atoms with Crippen LogP contribution in [0.5, 0.6) is 0 Å². The van der Waals surface area contributed by atoms with Gasteiger partial charge in [-0.25, -0.2) is 4.79 Å². The van der Waals surface area contributed by atoms with Gasteiger partial charge < -0.3 is 9.64 Å². The lowest BCUT2D eigenvalue weighted by atomic mass is 10.2. The number of esters is 1. The second-order valence-electron chi connectivity index (χ2n) is 4.09. The van der Waals surface area contributed by atoms with Crippen molar-refractivity contribution < 1.29 is 14.3 Å². The molecular weight excluding hydrogens is 298 g/mol. The van der Waals surface area contributed by atoms with Crippen molar-refractivity contribution in [2.45, 2.75) is 13.5 Å². The second kappa shape index (κ2) is 6.81. The van der Waals surface area contributed by atoms with Gasteiger partial charge in [0.25, 0.3) is 0 Å².